The fourth-order valence-corrected chi connectivity index (χ4v) is 4.89. The maximum Gasteiger partial charge on any atom is 0.341 e. The molecule has 0 aliphatic heterocycles. The zero-order valence-corrected chi connectivity index (χ0v) is 16.9. The van der Waals surface area contributed by atoms with Gasteiger partial charge in [-0.1, -0.05) is 13.0 Å². The summed E-state index contributed by atoms with van der Waals surface area (Å²) in [5.74, 6) is -0.400. The Morgan fingerprint density at radius 3 is 2.82 bits per heavy atom. The molecule has 148 valence electrons. The number of ether oxygens (including phenoxy) is 1. The molecule has 7 nitrogen and oxygen atoms in total. The van der Waals surface area contributed by atoms with Crippen molar-refractivity contribution in [3.63, 3.8) is 0 Å². The van der Waals surface area contributed by atoms with Crippen molar-refractivity contribution >= 4 is 33.9 Å². The fourth-order valence-electron chi connectivity index (χ4n) is 3.50. The van der Waals surface area contributed by atoms with Crippen LogP contribution in [0.3, 0.4) is 0 Å². The molecule has 0 unspecified atom stereocenters. The summed E-state index contributed by atoms with van der Waals surface area (Å²) in [6.45, 7) is 5.69. The summed E-state index contributed by atoms with van der Waals surface area (Å²) in [7, 11) is 0. The number of hydrogen-bond donors (Lipinski definition) is 1. The molecule has 1 heterocycles. The molecule has 1 amide bonds. The summed E-state index contributed by atoms with van der Waals surface area (Å²) >= 11 is 1.39. The van der Waals surface area contributed by atoms with Gasteiger partial charge in [0.05, 0.1) is 17.1 Å². The summed E-state index contributed by atoms with van der Waals surface area (Å²) in [5.41, 5.74) is 1.76. The number of nitrogens with zero attached hydrogens (tertiary/aromatic N) is 1. The summed E-state index contributed by atoms with van der Waals surface area (Å²) in [4.78, 5) is 37.1. The second-order valence-corrected chi connectivity index (χ2v) is 8.04. The molecular weight excluding hydrogens is 380 g/mol. The second-order valence-electron chi connectivity index (χ2n) is 6.94. The molecule has 1 aromatic carbocycles. The minimum Gasteiger partial charge on any atom is -0.462 e. The average molecular weight is 402 g/mol. The standard InChI is InChI=1S/C20H22N2O5S/c1-4-27-20(24)17-14-9-8-11(2)10-16(14)28-19(17)21-18(23)13-6-5-7-15(12(13)3)22(25)26/h5-7,11H,4,8-10H2,1-3H3,(H,21,23)/t11-/m0/s1. The molecule has 3 rings (SSSR count). The lowest BCUT2D eigenvalue weighted by atomic mass is 9.88. The van der Waals surface area contributed by atoms with Gasteiger partial charge in [-0.25, -0.2) is 4.79 Å². The van der Waals surface area contributed by atoms with Crippen LogP contribution < -0.4 is 5.32 Å². The highest BCUT2D eigenvalue weighted by Gasteiger charge is 2.29. The van der Waals surface area contributed by atoms with Gasteiger partial charge in [0.15, 0.2) is 0 Å². The molecule has 1 aromatic heterocycles. The molecule has 1 aliphatic rings. The number of nitrogens with one attached hydrogen (secondary N) is 1. The van der Waals surface area contributed by atoms with Crippen LogP contribution in [0.4, 0.5) is 10.7 Å². The number of carbonyl (C=O) groups is 2. The van der Waals surface area contributed by atoms with E-state index < -0.39 is 16.8 Å². The smallest absolute Gasteiger partial charge is 0.341 e. The Morgan fingerprint density at radius 2 is 2.14 bits per heavy atom. The van der Waals surface area contributed by atoms with E-state index in [0.29, 0.717) is 16.5 Å². The van der Waals surface area contributed by atoms with Crippen LogP contribution in [0.25, 0.3) is 0 Å². The van der Waals surface area contributed by atoms with Crippen LogP contribution in [0.2, 0.25) is 0 Å². The maximum absolute atomic E-state index is 12.8. The lowest BCUT2D eigenvalue weighted by Crippen LogP contribution is -2.17. The Morgan fingerprint density at radius 1 is 1.39 bits per heavy atom. The minimum atomic E-state index is -0.513. The van der Waals surface area contributed by atoms with E-state index in [0.717, 1.165) is 29.7 Å². The third-order valence-corrected chi connectivity index (χ3v) is 6.13. The van der Waals surface area contributed by atoms with Gasteiger partial charge in [0.1, 0.15) is 5.00 Å². The Bertz CT molecular complexity index is 950. The molecule has 28 heavy (non-hydrogen) atoms. The topological polar surface area (TPSA) is 98.5 Å². The van der Waals surface area contributed by atoms with E-state index in [1.807, 2.05) is 0 Å². The van der Waals surface area contributed by atoms with E-state index in [4.69, 9.17) is 4.74 Å². The summed E-state index contributed by atoms with van der Waals surface area (Å²) < 4.78 is 5.21. The van der Waals surface area contributed by atoms with Crippen molar-refractivity contribution in [2.75, 3.05) is 11.9 Å². The predicted molar refractivity (Wildman–Crippen MR) is 107 cm³/mol. The molecule has 0 fully saturated rings. The molecule has 1 N–H and O–H groups in total. The van der Waals surface area contributed by atoms with Gasteiger partial charge in [-0.05, 0) is 50.7 Å². The molecular formula is C20H22N2O5S. The third kappa shape index (κ3) is 3.77. The fraction of sp³-hybridized carbons (Fsp3) is 0.400. The monoisotopic (exact) mass is 402 g/mol. The number of rotatable bonds is 5. The Labute approximate surface area is 166 Å². The number of fused-ring (bicyclic) bond motifs is 1. The molecule has 1 aliphatic carbocycles. The zero-order chi connectivity index (χ0) is 20.4. The summed E-state index contributed by atoms with van der Waals surface area (Å²) in [6.07, 6.45) is 2.61. The van der Waals surface area contributed by atoms with Crippen molar-refractivity contribution in [3.05, 3.63) is 55.4 Å². The highest BCUT2D eigenvalue weighted by molar-refractivity contribution is 7.17. The van der Waals surface area contributed by atoms with Crippen molar-refractivity contribution in [2.24, 2.45) is 5.92 Å². The molecule has 0 spiro atoms. The molecule has 0 radical (unpaired) electrons. The van der Waals surface area contributed by atoms with E-state index >= 15 is 0 Å². The van der Waals surface area contributed by atoms with Crippen molar-refractivity contribution in [1.29, 1.82) is 0 Å². The van der Waals surface area contributed by atoms with Gasteiger partial charge in [-0.2, -0.15) is 0 Å². The first kappa shape index (κ1) is 20.0. The Hall–Kier alpha value is -2.74. The molecule has 0 saturated heterocycles. The van der Waals surface area contributed by atoms with E-state index in [1.54, 1.807) is 13.8 Å². The van der Waals surface area contributed by atoms with Crippen LogP contribution in [-0.2, 0) is 17.6 Å². The van der Waals surface area contributed by atoms with Gasteiger partial charge < -0.3 is 10.1 Å². The third-order valence-electron chi connectivity index (χ3n) is 4.96. The first-order chi connectivity index (χ1) is 13.3. The molecule has 1 atom stereocenters. The van der Waals surface area contributed by atoms with Gasteiger partial charge in [0.2, 0.25) is 0 Å². The maximum atomic E-state index is 12.8. The number of benzene rings is 1. The number of nitro benzene ring substituents is 1. The number of nitro groups is 1. The number of esters is 1. The lowest BCUT2D eigenvalue weighted by molar-refractivity contribution is -0.385. The first-order valence-electron chi connectivity index (χ1n) is 9.20. The largest absolute Gasteiger partial charge is 0.462 e. The van der Waals surface area contributed by atoms with Crippen LogP contribution in [-0.4, -0.2) is 23.4 Å². The molecule has 0 bridgehead atoms. The highest BCUT2D eigenvalue weighted by Crippen LogP contribution is 2.40. The minimum absolute atomic E-state index is 0.113. The quantitative estimate of drug-likeness (QED) is 0.450. The van der Waals surface area contributed by atoms with Gasteiger partial charge >= 0.3 is 5.97 Å². The van der Waals surface area contributed by atoms with Crippen LogP contribution in [0.1, 0.15) is 57.0 Å². The van der Waals surface area contributed by atoms with Crippen LogP contribution in [0.15, 0.2) is 18.2 Å². The van der Waals surface area contributed by atoms with Gasteiger partial charge in [-0.15, -0.1) is 11.3 Å². The number of thiophene rings is 1. The molecule has 2 aromatic rings. The van der Waals surface area contributed by atoms with E-state index in [1.165, 1.54) is 29.5 Å². The summed E-state index contributed by atoms with van der Waals surface area (Å²) in [5, 5.41) is 14.4. The molecule has 8 heteroatoms. The zero-order valence-electron chi connectivity index (χ0n) is 16.0. The van der Waals surface area contributed by atoms with Crippen LogP contribution >= 0.6 is 11.3 Å². The summed E-state index contributed by atoms with van der Waals surface area (Å²) in [6, 6.07) is 4.38. The second kappa shape index (κ2) is 8.10. The normalized spacial score (nSPS) is 15.6. The highest BCUT2D eigenvalue weighted by atomic mass is 32.1. The Balaban J connectivity index is 1.98. The number of anilines is 1. The number of carbonyl (C=O) groups excluding carboxylic acids is 2. The van der Waals surface area contributed by atoms with Crippen molar-refractivity contribution < 1.29 is 19.2 Å². The van der Waals surface area contributed by atoms with Crippen molar-refractivity contribution in [1.82, 2.24) is 0 Å². The van der Waals surface area contributed by atoms with Gasteiger partial charge in [0.25, 0.3) is 11.6 Å². The van der Waals surface area contributed by atoms with E-state index in [2.05, 4.69) is 12.2 Å². The van der Waals surface area contributed by atoms with Crippen LogP contribution in [0, 0.1) is 23.0 Å². The lowest BCUT2D eigenvalue weighted by Gasteiger charge is -2.18. The number of hydrogen-bond acceptors (Lipinski definition) is 6. The predicted octanol–water partition coefficient (Wildman–Crippen LogP) is 4.52. The van der Waals surface area contributed by atoms with Gasteiger partial charge in [-0.3, -0.25) is 14.9 Å². The van der Waals surface area contributed by atoms with Crippen molar-refractivity contribution in [2.45, 2.75) is 40.0 Å². The Kier molecular flexibility index (Phi) is 5.79. The van der Waals surface area contributed by atoms with E-state index in [9.17, 15) is 19.7 Å². The number of amides is 1. The van der Waals surface area contributed by atoms with Gasteiger partial charge in [0, 0.05) is 22.1 Å². The average Bonchev–Trinajstić information content (AvgIpc) is 2.98. The van der Waals surface area contributed by atoms with E-state index in [-0.39, 0.29) is 23.4 Å². The first-order valence-corrected chi connectivity index (χ1v) is 10.0. The SMILES string of the molecule is CCOC(=O)c1c(NC(=O)c2cccc([N+](=O)[O-])c2C)sc2c1CC[C@H](C)C2. The van der Waals surface area contributed by atoms with Crippen LogP contribution in [0.5, 0.6) is 0 Å². The molecule has 0 saturated carbocycles. The van der Waals surface area contributed by atoms with Crippen molar-refractivity contribution in [3.8, 4) is 0 Å².